The molecule has 0 aliphatic carbocycles. The summed E-state index contributed by atoms with van der Waals surface area (Å²) in [5.41, 5.74) is 0. The molecular weight excluding hydrogens is 209 g/mol. The standard InChI is InChI=1S/C5H3F3N2O2S/c6-5(7,8)4-9(11)1-3(13)2-10(4)12/h1-2,13H. The molecule has 1 aromatic rings. The van der Waals surface area contributed by atoms with Crippen molar-refractivity contribution in [2.45, 2.75) is 11.1 Å². The van der Waals surface area contributed by atoms with Gasteiger partial charge < -0.3 is 10.4 Å². The molecule has 13 heavy (non-hydrogen) atoms. The van der Waals surface area contributed by atoms with Crippen LogP contribution in [0.15, 0.2) is 17.3 Å². The number of thiol groups is 1. The second-order valence-corrected chi connectivity index (χ2v) is 2.67. The van der Waals surface area contributed by atoms with Crippen LogP contribution in [-0.2, 0) is 6.18 Å². The lowest BCUT2D eigenvalue weighted by molar-refractivity contribution is -0.778. The van der Waals surface area contributed by atoms with E-state index >= 15 is 0 Å². The normalized spacial score (nSPS) is 11.7. The number of rotatable bonds is 0. The van der Waals surface area contributed by atoms with Gasteiger partial charge in [-0.05, 0) is 0 Å². The fraction of sp³-hybridized carbons (Fsp3) is 0.200. The third-order valence-electron chi connectivity index (χ3n) is 1.17. The van der Waals surface area contributed by atoms with Crippen LogP contribution in [0.4, 0.5) is 13.2 Å². The molecule has 1 rings (SSSR count). The van der Waals surface area contributed by atoms with Crippen molar-refractivity contribution in [1.82, 2.24) is 0 Å². The quantitative estimate of drug-likeness (QED) is 0.381. The zero-order valence-electron chi connectivity index (χ0n) is 5.95. The molecule has 0 N–H and O–H groups in total. The number of alkyl halides is 3. The average molecular weight is 212 g/mol. The van der Waals surface area contributed by atoms with Gasteiger partial charge in [-0.25, -0.2) is 0 Å². The highest BCUT2D eigenvalue weighted by atomic mass is 32.1. The third kappa shape index (κ3) is 1.94. The van der Waals surface area contributed by atoms with Crippen molar-refractivity contribution in [2.24, 2.45) is 0 Å². The van der Waals surface area contributed by atoms with Crippen molar-refractivity contribution in [2.75, 3.05) is 0 Å². The molecule has 1 aromatic heterocycles. The fourth-order valence-corrected chi connectivity index (χ4v) is 0.953. The summed E-state index contributed by atoms with van der Waals surface area (Å²) in [6.45, 7) is 0. The highest BCUT2D eigenvalue weighted by Gasteiger charge is 2.50. The van der Waals surface area contributed by atoms with E-state index in [9.17, 15) is 23.6 Å². The molecule has 1 heterocycles. The topological polar surface area (TPSA) is 53.9 Å². The van der Waals surface area contributed by atoms with Crippen LogP contribution in [0.2, 0.25) is 0 Å². The number of aromatic nitrogens is 2. The SMILES string of the molecule is [O-][n+]1cc(S)c[n+]([O-])c1C(F)(F)F. The summed E-state index contributed by atoms with van der Waals surface area (Å²) in [7, 11) is 0. The molecule has 0 fully saturated rings. The summed E-state index contributed by atoms with van der Waals surface area (Å²) >= 11 is 3.56. The smallest absolute Gasteiger partial charge is 0.550 e. The van der Waals surface area contributed by atoms with E-state index in [-0.39, 0.29) is 4.90 Å². The van der Waals surface area contributed by atoms with Crippen LogP contribution in [-0.4, -0.2) is 0 Å². The van der Waals surface area contributed by atoms with Gasteiger partial charge in [-0.1, -0.05) is 0 Å². The molecule has 0 radical (unpaired) electrons. The Kier molecular flexibility index (Phi) is 2.24. The molecule has 0 aliphatic heterocycles. The minimum Gasteiger partial charge on any atom is -0.614 e. The van der Waals surface area contributed by atoms with Crippen LogP contribution in [0.25, 0.3) is 0 Å². The Morgan fingerprint density at radius 2 is 1.54 bits per heavy atom. The molecule has 0 saturated carbocycles. The number of hydrogen-bond donors (Lipinski definition) is 1. The van der Waals surface area contributed by atoms with Gasteiger partial charge in [0.2, 0.25) is 12.4 Å². The molecule has 4 nitrogen and oxygen atoms in total. The summed E-state index contributed by atoms with van der Waals surface area (Å²) in [6, 6.07) is 0. The van der Waals surface area contributed by atoms with Gasteiger partial charge in [0.15, 0.2) is 0 Å². The van der Waals surface area contributed by atoms with Crippen LogP contribution in [0.1, 0.15) is 5.82 Å². The Bertz CT molecular complexity index is 318. The minimum atomic E-state index is -4.97. The van der Waals surface area contributed by atoms with E-state index in [1.165, 1.54) is 0 Å². The minimum absolute atomic E-state index is 0.141. The first-order valence-corrected chi connectivity index (χ1v) is 3.39. The summed E-state index contributed by atoms with van der Waals surface area (Å²) in [6.07, 6.45) is -3.86. The third-order valence-corrected chi connectivity index (χ3v) is 1.40. The molecule has 0 spiro atoms. The maximum atomic E-state index is 12.0. The summed E-state index contributed by atoms with van der Waals surface area (Å²) in [5, 5.41) is 21.3. The predicted molar refractivity (Wildman–Crippen MR) is 36.6 cm³/mol. The van der Waals surface area contributed by atoms with Gasteiger partial charge >= 0.3 is 12.0 Å². The van der Waals surface area contributed by atoms with Crippen molar-refractivity contribution in [3.8, 4) is 0 Å². The lowest BCUT2D eigenvalue weighted by Crippen LogP contribution is -2.51. The van der Waals surface area contributed by atoms with Crippen molar-refractivity contribution < 1.29 is 22.6 Å². The Hall–Kier alpha value is -1.18. The van der Waals surface area contributed by atoms with Gasteiger partial charge in [0.1, 0.15) is 4.90 Å². The highest BCUT2D eigenvalue weighted by molar-refractivity contribution is 7.80. The molecule has 0 unspecified atom stereocenters. The summed E-state index contributed by atoms with van der Waals surface area (Å²) in [4.78, 5) is -0.141. The largest absolute Gasteiger partial charge is 0.614 e. The maximum Gasteiger partial charge on any atom is 0.550 e. The predicted octanol–water partition coefficient (Wildman–Crippen LogP) is 0.261. The van der Waals surface area contributed by atoms with Crippen LogP contribution < -0.4 is 9.46 Å². The first kappa shape index (κ1) is 9.90. The van der Waals surface area contributed by atoms with Crippen LogP contribution in [0.3, 0.4) is 0 Å². The Balaban J connectivity index is 3.38. The van der Waals surface area contributed by atoms with Crippen molar-refractivity contribution in [1.29, 1.82) is 0 Å². The van der Waals surface area contributed by atoms with Gasteiger partial charge in [0.25, 0.3) is 0 Å². The van der Waals surface area contributed by atoms with Crippen molar-refractivity contribution in [3.63, 3.8) is 0 Å². The molecule has 72 valence electrons. The molecule has 0 aliphatic rings. The Morgan fingerprint density at radius 3 is 1.85 bits per heavy atom. The average Bonchev–Trinajstić information content (AvgIpc) is 1.78. The van der Waals surface area contributed by atoms with E-state index in [2.05, 4.69) is 12.6 Å². The van der Waals surface area contributed by atoms with E-state index in [4.69, 9.17) is 0 Å². The van der Waals surface area contributed by atoms with Crippen LogP contribution in [0.5, 0.6) is 0 Å². The molecule has 8 heteroatoms. The fourth-order valence-electron chi connectivity index (χ4n) is 0.743. The second kappa shape index (κ2) is 2.95. The van der Waals surface area contributed by atoms with E-state index in [0.29, 0.717) is 12.4 Å². The van der Waals surface area contributed by atoms with Crippen molar-refractivity contribution in [3.05, 3.63) is 28.6 Å². The number of halogens is 3. The lowest BCUT2D eigenvalue weighted by atomic mass is 10.5. The molecule has 0 atom stereocenters. The van der Waals surface area contributed by atoms with E-state index < -0.39 is 21.5 Å². The molecule has 0 saturated heterocycles. The van der Waals surface area contributed by atoms with Crippen molar-refractivity contribution >= 4 is 12.6 Å². The van der Waals surface area contributed by atoms with E-state index in [1.54, 1.807) is 0 Å². The molecule has 0 aromatic carbocycles. The number of nitrogens with zero attached hydrogens (tertiary/aromatic N) is 2. The first-order chi connectivity index (χ1) is 5.82. The van der Waals surface area contributed by atoms with Gasteiger partial charge in [0.05, 0.1) is 0 Å². The maximum absolute atomic E-state index is 12.0. The highest BCUT2D eigenvalue weighted by Crippen LogP contribution is 2.23. The Morgan fingerprint density at radius 1 is 1.15 bits per heavy atom. The molecular formula is C5H3F3N2O2S. The van der Waals surface area contributed by atoms with Crippen LogP contribution >= 0.6 is 12.6 Å². The van der Waals surface area contributed by atoms with Crippen LogP contribution in [0, 0.1) is 10.4 Å². The summed E-state index contributed by atoms with van der Waals surface area (Å²) in [5.74, 6) is -1.83. The van der Waals surface area contributed by atoms with Gasteiger partial charge in [-0.2, -0.15) is 13.2 Å². The molecule has 0 bridgehead atoms. The van der Waals surface area contributed by atoms with Gasteiger partial charge in [0, 0.05) is 0 Å². The Labute approximate surface area is 75.8 Å². The van der Waals surface area contributed by atoms with E-state index in [0.717, 1.165) is 0 Å². The zero-order chi connectivity index (χ0) is 10.2. The second-order valence-electron chi connectivity index (χ2n) is 2.16. The zero-order valence-corrected chi connectivity index (χ0v) is 6.84. The lowest BCUT2D eigenvalue weighted by Gasteiger charge is -2.06. The first-order valence-electron chi connectivity index (χ1n) is 2.95. The summed E-state index contributed by atoms with van der Waals surface area (Å²) < 4.78 is 34.8. The van der Waals surface area contributed by atoms with Gasteiger partial charge in [-0.15, -0.1) is 22.1 Å². The molecule has 0 amide bonds. The van der Waals surface area contributed by atoms with E-state index in [1.807, 2.05) is 0 Å². The monoisotopic (exact) mass is 212 g/mol. The number of hydrogen-bond acceptors (Lipinski definition) is 3. The van der Waals surface area contributed by atoms with Gasteiger partial charge in [-0.3, -0.25) is 0 Å².